The highest BCUT2D eigenvalue weighted by molar-refractivity contribution is 5.80. The van der Waals surface area contributed by atoms with Crippen LogP contribution in [0.5, 0.6) is 0 Å². The van der Waals surface area contributed by atoms with Gasteiger partial charge in [0.1, 0.15) is 5.54 Å². The first-order valence-electron chi connectivity index (χ1n) is 4.45. The summed E-state index contributed by atoms with van der Waals surface area (Å²) in [6.07, 6.45) is 0.610. The summed E-state index contributed by atoms with van der Waals surface area (Å²) in [5.74, 6) is -0.227. The molecule has 0 bridgehead atoms. The predicted octanol–water partition coefficient (Wildman–Crippen LogP) is 0.564. The Morgan fingerprint density at radius 2 is 2.15 bits per heavy atom. The third-order valence-corrected chi connectivity index (χ3v) is 2.08. The molecule has 0 aromatic rings. The first kappa shape index (κ1) is 12.4. The molecule has 0 spiro atoms. The molecule has 1 N–H and O–H groups in total. The fourth-order valence-electron chi connectivity index (χ4n) is 0.926. The molecule has 13 heavy (non-hydrogen) atoms. The van der Waals surface area contributed by atoms with Crippen LogP contribution in [0.25, 0.3) is 0 Å². The molecule has 0 amide bonds. The van der Waals surface area contributed by atoms with Crippen molar-refractivity contribution in [3.05, 3.63) is 0 Å². The van der Waals surface area contributed by atoms with E-state index in [-0.39, 0.29) is 5.97 Å². The molecule has 0 rings (SSSR count). The first-order valence-corrected chi connectivity index (χ1v) is 4.45. The van der Waals surface area contributed by atoms with Gasteiger partial charge in [-0.3, -0.25) is 4.79 Å². The molecule has 78 valence electrons. The lowest BCUT2D eigenvalue weighted by atomic mass is 9.99. The van der Waals surface area contributed by atoms with E-state index in [4.69, 9.17) is 9.47 Å². The zero-order valence-corrected chi connectivity index (χ0v) is 8.85. The summed E-state index contributed by atoms with van der Waals surface area (Å²) >= 11 is 0. The van der Waals surface area contributed by atoms with E-state index in [9.17, 15) is 4.79 Å². The lowest BCUT2D eigenvalue weighted by Gasteiger charge is -2.26. The van der Waals surface area contributed by atoms with Crippen molar-refractivity contribution in [3.63, 3.8) is 0 Å². The van der Waals surface area contributed by atoms with Crippen molar-refractivity contribution in [2.75, 3.05) is 27.4 Å². The molecule has 0 saturated heterocycles. The number of esters is 1. The highest BCUT2D eigenvalue weighted by atomic mass is 16.5. The molecular formula is C9H19NO3. The SMILES string of the molecule is CCOC(=O)C(C)(CCOC)NC. The monoisotopic (exact) mass is 189 g/mol. The van der Waals surface area contributed by atoms with Crippen LogP contribution in [-0.4, -0.2) is 38.9 Å². The Hall–Kier alpha value is -0.610. The van der Waals surface area contributed by atoms with E-state index < -0.39 is 5.54 Å². The van der Waals surface area contributed by atoms with E-state index in [2.05, 4.69) is 5.32 Å². The van der Waals surface area contributed by atoms with E-state index in [1.165, 1.54) is 0 Å². The maximum atomic E-state index is 11.5. The Bertz CT molecular complexity index is 161. The number of carbonyl (C=O) groups is 1. The summed E-state index contributed by atoms with van der Waals surface area (Å²) in [6.45, 7) is 4.55. The number of hydrogen-bond acceptors (Lipinski definition) is 4. The van der Waals surface area contributed by atoms with Crippen LogP contribution in [0.1, 0.15) is 20.3 Å². The molecule has 4 nitrogen and oxygen atoms in total. The average Bonchev–Trinajstić information content (AvgIpc) is 2.14. The zero-order valence-electron chi connectivity index (χ0n) is 8.85. The van der Waals surface area contributed by atoms with Crippen LogP contribution < -0.4 is 5.32 Å². The van der Waals surface area contributed by atoms with Crippen LogP contribution in [0.4, 0.5) is 0 Å². The van der Waals surface area contributed by atoms with Crippen LogP contribution in [-0.2, 0) is 14.3 Å². The third-order valence-electron chi connectivity index (χ3n) is 2.08. The predicted molar refractivity (Wildman–Crippen MR) is 50.6 cm³/mol. The molecule has 0 saturated carbocycles. The minimum Gasteiger partial charge on any atom is -0.465 e. The van der Waals surface area contributed by atoms with Crippen LogP contribution in [0.15, 0.2) is 0 Å². The van der Waals surface area contributed by atoms with E-state index in [1.807, 2.05) is 6.92 Å². The highest BCUT2D eigenvalue weighted by Gasteiger charge is 2.32. The van der Waals surface area contributed by atoms with Gasteiger partial charge in [0.2, 0.25) is 0 Å². The second-order valence-electron chi connectivity index (χ2n) is 3.05. The van der Waals surface area contributed by atoms with Crippen molar-refractivity contribution >= 4 is 5.97 Å². The van der Waals surface area contributed by atoms with Gasteiger partial charge in [-0.05, 0) is 27.3 Å². The molecule has 0 aromatic carbocycles. The fourth-order valence-corrected chi connectivity index (χ4v) is 0.926. The van der Waals surface area contributed by atoms with Crippen molar-refractivity contribution in [2.24, 2.45) is 0 Å². The van der Waals surface area contributed by atoms with Crippen molar-refractivity contribution < 1.29 is 14.3 Å². The number of ether oxygens (including phenoxy) is 2. The summed E-state index contributed by atoms with van der Waals surface area (Å²) in [7, 11) is 3.35. The van der Waals surface area contributed by atoms with Crippen molar-refractivity contribution in [1.82, 2.24) is 5.32 Å². The van der Waals surface area contributed by atoms with E-state index >= 15 is 0 Å². The highest BCUT2D eigenvalue weighted by Crippen LogP contribution is 2.11. The molecule has 0 fully saturated rings. The van der Waals surface area contributed by atoms with Crippen LogP contribution in [0, 0.1) is 0 Å². The van der Waals surface area contributed by atoms with Crippen LogP contribution >= 0.6 is 0 Å². The molecule has 4 heteroatoms. The lowest BCUT2D eigenvalue weighted by Crippen LogP contribution is -2.49. The number of hydrogen-bond donors (Lipinski definition) is 1. The summed E-state index contributed by atoms with van der Waals surface area (Å²) < 4.78 is 9.86. The van der Waals surface area contributed by atoms with Crippen molar-refractivity contribution in [3.8, 4) is 0 Å². The maximum absolute atomic E-state index is 11.5. The molecule has 0 heterocycles. The average molecular weight is 189 g/mol. The normalized spacial score (nSPS) is 15.1. The van der Waals surface area contributed by atoms with Gasteiger partial charge >= 0.3 is 5.97 Å². The van der Waals surface area contributed by atoms with Crippen LogP contribution in [0.3, 0.4) is 0 Å². The number of methoxy groups -OCH3 is 1. The van der Waals surface area contributed by atoms with Gasteiger partial charge in [0.25, 0.3) is 0 Å². The summed E-state index contributed by atoms with van der Waals surface area (Å²) in [4.78, 5) is 11.5. The summed E-state index contributed by atoms with van der Waals surface area (Å²) in [5, 5.41) is 2.94. The summed E-state index contributed by atoms with van der Waals surface area (Å²) in [5.41, 5.74) is -0.633. The van der Waals surface area contributed by atoms with Gasteiger partial charge in [0.05, 0.1) is 6.61 Å². The van der Waals surface area contributed by atoms with E-state index in [0.29, 0.717) is 19.6 Å². The van der Waals surface area contributed by atoms with Crippen molar-refractivity contribution in [1.29, 1.82) is 0 Å². The topological polar surface area (TPSA) is 47.6 Å². The Morgan fingerprint density at radius 3 is 2.54 bits per heavy atom. The molecule has 0 aliphatic carbocycles. The Labute approximate surface area is 79.6 Å². The first-order chi connectivity index (χ1) is 6.10. The maximum Gasteiger partial charge on any atom is 0.326 e. The Morgan fingerprint density at radius 1 is 1.54 bits per heavy atom. The van der Waals surface area contributed by atoms with Gasteiger partial charge in [-0.25, -0.2) is 0 Å². The molecule has 0 aliphatic heterocycles. The minimum atomic E-state index is -0.633. The molecule has 0 aliphatic rings. The Kier molecular flexibility index (Phi) is 5.66. The van der Waals surface area contributed by atoms with Gasteiger partial charge in [-0.15, -0.1) is 0 Å². The zero-order chi connectivity index (χ0) is 10.3. The number of carbonyl (C=O) groups excluding carboxylic acids is 1. The number of nitrogens with one attached hydrogen (secondary N) is 1. The van der Waals surface area contributed by atoms with Gasteiger partial charge in [0.15, 0.2) is 0 Å². The minimum absolute atomic E-state index is 0.227. The van der Waals surface area contributed by atoms with E-state index in [1.54, 1.807) is 21.1 Å². The quantitative estimate of drug-likeness (QED) is 0.620. The number of rotatable bonds is 6. The number of likely N-dealkylation sites (N-methyl/N-ethyl adjacent to an activating group) is 1. The molecule has 0 aromatic heterocycles. The molecular weight excluding hydrogens is 170 g/mol. The molecule has 1 atom stereocenters. The molecule has 0 radical (unpaired) electrons. The van der Waals surface area contributed by atoms with E-state index in [0.717, 1.165) is 0 Å². The largest absolute Gasteiger partial charge is 0.465 e. The molecule has 1 unspecified atom stereocenters. The lowest BCUT2D eigenvalue weighted by molar-refractivity contribution is -0.151. The van der Waals surface area contributed by atoms with Gasteiger partial charge in [0, 0.05) is 13.7 Å². The van der Waals surface area contributed by atoms with Gasteiger partial charge < -0.3 is 14.8 Å². The van der Waals surface area contributed by atoms with Crippen LogP contribution in [0.2, 0.25) is 0 Å². The Balaban J connectivity index is 4.16. The van der Waals surface area contributed by atoms with Crippen molar-refractivity contribution in [2.45, 2.75) is 25.8 Å². The summed E-state index contributed by atoms with van der Waals surface area (Å²) in [6, 6.07) is 0. The van der Waals surface area contributed by atoms with Gasteiger partial charge in [-0.1, -0.05) is 0 Å². The fraction of sp³-hybridized carbons (Fsp3) is 0.889. The second kappa shape index (κ2) is 5.94. The van der Waals surface area contributed by atoms with Gasteiger partial charge in [-0.2, -0.15) is 0 Å². The second-order valence-corrected chi connectivity index (χ2v) is 3.05. The third kappa shape index (κ3) is 3.74. The smallest absolute Gasteiger partial charge is 0.326 e. The standard InChI is InChI=1S/C9H19NO3/c1-5-13-8(11)9(2,10-3)6-7-12-4/h10H,5-7H2,1-4H3.